The molecule has 7 nitrogen and oxygen atoms in total. The molecule has 0 spiro atoms. The number of anilines is 1. The molecule has 2 amide bonds. The summed E-state index contributed by atoms with van der Waals surface area (Å²) in [4.78, 5) is 29.3. The Balaban J connectivity index is 1.42. The first-order valence-corrected chi connectivity index (χ1v) is 10.6. The number of rotatable bonds is 5. The Hall–Kier alpha value is -2.65. The molecule has 4 aromatic rings. The van der Waals surface area contributed by atoms with Crippen LogP contribution in [0.25, 0.3) is 16.2 Å². The molecule has 0 saturated heterocycles. The quantitative estimate of drug-likeness (QED) is 0.430. The second kappa shape index (κ2) is 8.61. The average Bonchev–Trinajstić information content (AvgIpc) is 3.27. The number of benzene rings is 2. The summed E-state index contributed by atoms with van der Waals surface area (Å²) in [5.41, 5.74) is 1.97. The Morgan fingerprint density at radius 3 is 2.50 bits per heavy atom. The minimum absolute atomic E-state index is 0.140. The number of nitrogens with one attached hydrogen (secondary N) is 2. The fraction of sp³-hybridized carbons (Fsp3) is 0.0526. The first kappa shape index (κ1) is 20.6. The summed E-state index contributed by atoms with van der Waals surface area (Å²) in [6.45, 7) is -0.269. The lowest BCUT2D eigenvalue weighted by atomic mass is 10.2. The molecular weight excluding hydrogens is 469 g/mol. The Kier molecular flexibility index (Phi) is 5.92. The predicted molar refractivity (Wildman–Crippen MR) is 119 cm³/mol. The molecular formula is C19H12Cl3N5O2S. The van der Waals surface area contributed by atoms with Crippen molar-refractivity contribution >= 4 is 68.9 Å². The molecule has 11 heteroatoms. The zero-order valence-corrected chi connectivity index (χ0v) is 18.1. The van der Waals surface area contributed by atoms with E-state index in [1.165, 1.54) is 23.5 Å². The maximum Gasteiger partial charge on any atom is 0.253 e. The van der Waals surface area contributed by atoms with Gasteiger partial charge in [0, 0.05) is 21.0 Å². The standard InChI is InChI=1S/C19H12Cl3N5O2S/c20-11-3-1-10(2-4-11)15-9-30-19-25-18(26-27(15)19)24-16(28)8-23-17(29)13-6-5-12(21)7-14(13)22/h1-7,9H,8H2,(H,23,29)(H,24,26,28). The molecule has 2 aromatic carbocycles. The number of aromatic nitrogens is 3. The van der Waals surface area contributed by atoms with Crippen LogP contribution in [-0.4, -0.2) is 33.0 Å². The number of carbonyl (C=O) groups excluding carboxylic acids is 2. The van der Waals surface area contributed by atoms with Crippen LogP contribution in [0.5, 0.6) is 0 Å². The number of thiazole rings is 1. The van der Waals surface area contributed by atoms with Crippen LogP contribution >= 0.6 is 46.1 Å². The van der Waals surface area contributed by atoms with Crippen molar-refractivity contribution < 1.29 is 9.59 Å². The molecule has 30 heavy (non-hydrogen) atoms. The van der Waals surface area contributed by atoms with E-state index < -0.39 is 11.8 Å². The van der Waals surface area contributed by atoms with Crippen LogP contribution in [0.15, 0.2) is 47.8 Å². The van der Waals surface area contributed by atoms with Gasteiger partial charge in [0.15, 0.2) is 0 Å². The third kappa shape index (κ3) is 4.41. The van der Waals surface area contributed by atoms with Gasteiger partial charge in [-0.05, 0) is 30.3 Å². The summed E-state index contributed by atoms with van der Waals surface area (Å²) in [6, 6.07) is 11.8. The molecule has 152 valence electrons. The number of amides is 2. The highest BCUT2D eigenvalue weighted by atomic mass is 35.5. The molecule has 0 aliphatic rings. The van der Waals surface area contributed by atoms with Gasteiger partial charge >= 0.3 is 0 Å². The van der Waals surface area contributed by atoms with Crippen molar-refractivity contribution in [2.75, 3.05) is 11.9 Å². The van der Waals surface area contributed by atoms with Crippen molar-refractivity contribution in [1.82, 2.24) is 19.9 Å². The van der Waals surface area contributed by atoms with E-state index in [4.69, 9.17) is 34.8 Å². The SMILES string of the molecule is O=C(CNC(=O)c1ccc(Cl)cc1Cl)Nc1nc2scc(-c3ccc(Cl)cc3)n2n1. The van der Waals surface area contributed by atoms with E-state index in [0.717, 1.165) is 11.3 Å². The van der Waals surface area contributed by atoms with Gasteiger partial charge in [0.2, 0.25) is 10.9 Å². The smallest absolute Gasteiger partial charge is 0.253 e. The highest BCUT2D eigenvalue weighted by molar-refractivity contribution is 7.15. The van der Waals surface area contributed by atoms with Crippen LogP contribution in [-0.2, 0) is 4.79 Å². The summed E-state index contributed by atoms with van der Waals surface area (Å²) in [5, 5.41) is 12.6. The average molecular weight is 481 g/mol. The van der Waals surface area contributed by atoms with E-state index in [2.05, 4.69) is 20.7 Å². The molecule has 0 saturated carbocycles. The van der Waals surface area contributed by atoms with Crippen LogP contribution in [0, 0.1) is 0 Å². The largest absolute Gasteiger partial charge is 0.343 e. The first-order valence-electron chi connectivity index (χ1n) is 8.54. The number of fused-ring (bicyclic) bond motifs is 1. The highest BCUT2D eigenvalue weighted by Crippen LogP contribution is 2.27. The zero-order valence-electron chi connectivity index (χ0n) is 15.0. The molecule has 0 unspecified atom stereocenters. The highest BCUT2D eigenvalue weighted by Gasteiger charge is 2.15. The maximum atomic E-state index is 12.2. The van der Waals surface area contributed by atoms with Gasteiger partial charge in [-0.1, -0.05) is 46.9 Å². The summed E-state index contributed by atoms with van der Waals surface area (Å²) in [6.07, 6.45) is 0. The normalized spacial score (nSPS) is 10.9. The van der Waals surface area contributed by atoms with Crippen LogP contribution in [0.3, 0.4) is 0 Å². The molecule has 4 rings (SSSR count). The van der Waals surface area contributed by atoms with Gasteiger partial charge < -0.3 is 5.32 Å². The van der Waals surface area contributed by atoms with Gasteiger partial charge in [-0.2, -0.15) is 4.98 Å². The number of hydrogen-bond donors (Lipinski definition) is 2. The van der Waals surface area contributed by atoms with Gasteiger partial charge in [-0.15, -0.1) is 16.4 Å². The first-order chi connectivity index (χ1) is 14.4. The summed E-state index contributed by atoms with van der Waals surface area (Å²) < 4.78 is 1.63. The van der Waals surface area contributed by atoms with Gasteiger partial charge in [-0.3, -0.25) is 14.9 Å². The molecule has 0 atom stereocenters. The van der Waals surface area contributed by atoms with Gasteiger partial charge in [0.1, 0.15) is 0 Å². The fourth-order valence-corrected chi connectivity index (χ4v) is 4.10. The second-order valence-corrected chi connectivity index (χ2v) is 8.23. The fourth-order valence-electron chi connectivity index (χ4n) is 2.65. The van der Waals surface area contributed by atoms with Gasteiger partial charge in [-0.25, -0.2) is 4.52 Å². The number of halogens is 3. The molecule has 2 N–H and O–H groups in total. The van der Waals surface area contributed by atoms with E-state index in [0.29, 0.717) is 15.0 Å². The molecule has 0 radical (unpaired) electrons. The van der Waals surface area contributed by atoms with Crippen molar-refractivity contribution in [3.05, 3.63) is 68.5 Å². The second-order valence-electron chi connectivity index (χ2n) is 6.11. The molecule has 0 bridgehead atoms. The Morgan fingerprint density at radius 2 is 1.77 bits per heavy atom. The van der Waals surface area contributed by atoms with Crippen molar-refractivity contribution in [3.63, 3.8) is 0 Å². The number of hydrogen-bond acceptors (Lipinski definition) is 5. The minimum atomic E-state index is -0.490. The molecule has 2 aromatic heterocycles. The Morgan fingerprint density at radius 1 is 1.03 bits per heavy atom. The molecule has 0 aliphatic carbocycles. The molecule has 2 heterocycles. The van der Waals surface area contributed by atoms with Crippen LogP contribution < -0.4 is 10.6 Å². The Labute approximate surface area is 189 Å². The lowest BCUT2D eigenvalue weighted by Crippen LogP contribution is -2.33. The van der Waals surface area contributed by atoms with E-state index >= 15 is 0 Å². The van der Waals surface area contributed by atoms with Crippen LogP contribution in [0.1, 0.15) is 10.4 Å². The topological polar surface area (TPSA) is 88.4 Å². The van der Waals surface area contributed by atoms with E-state index in [9.17, 15) is 9.59 Å². The van der Waals surface area contributed by atoms with Gasteiger partial charge in [0.05, 0.1) is 22.8 Å². The van der Waals surface area contributed by atoms with Crippen molar-refractivity contribution in [3.8, 4) is 11.3 Å². The third-order valence-corrected chi connectivity index (χ3v) is 5.67. The van der Waals surface area contributed by atoms with E-state index in [-0.39, 0.29) is 23.1 Å². The number of nitrogens with zero attached hydrogens (tertiary/aromatic N) is 3. The molecule has 0 fully saturated rings. The third-order valence-electron chi connectivity index (χ3n) is 4.06. The monoisotopic (exact) mass is 479 g/mol. The Bertz CT molecular complexity index is 1250. The van der Waals surface area contributed by atoms with Crippen LogP contribution in [0.4, 0.5) is 5.95 Å². The predicted octanol–water partition coefficient (Wildman–Crippen LogP) is 4.79. The van der Waals surface area contributed by atoms with E-state index in [1.807, 2.05) is 17.5 Å². The van der Waals surface area contributed by atoms with Crippen molar-refractivity contribution in [1.29, 1.82) is 0 Å². The maximum absolute atomic E-state index is 12.2. The van der Waals surface area contributed by atoms with E-state index in [1.54, 1.807) is 22.7 Å². The van der Waals surface area contributed by atoms with Gasteiger partial charge in [0.25, 0.3) is 11.9 Å². The zero-order chi connectivity index (χ0) is 21.3. The minimum Gasteiger partial charge on any atom is -0.343 e. The van der Waals surface area contributed by atoms with Crippen molar-refractivity contribution in [2.45, 2.75) is 0 Å². The van der Waals surface area contributed by atoms with Crippen molar-refractivity contribution in [2.24, 2.45) is 0 Å². The number of carbonyl (C=O) groups is 2. The lowest BCUT2D eigenvalue weighted by Gasteiger charge is -2.06. The summed E-state index contributed by atoms with van der Waals surface area (Å²) >= 11 is 19.1. The summed E-state index contributed by atoms with van der Waals surface area (Å²) in [7, 11) is 0. The lowest BCUT2D eigenvalue weighted by molar-refractivity contribution is -0.115. The molecule has 0 aliphatic heterocycles. The van der Waals surface area contributed by atoms with Crippen LogP contribution in [0.2, 0.25) is 15.1 Å². The summed E-state index contributed by atoms with van der Waals surface area (Å²) in [5.74, 6) is -0.823.